The number of primary amides is 1. The number of aromatic hydroxyl groups is 2. The number of guanidine groups is 2. The van der Waals surface area contributed by atoms with Gasteiger partial charge in [-0.15, -0.1) is 0 Å². The number of amides is 14. The van der Waals surface area contributed by atoms with E-state index in [-0.39, 0.29) is 170 Å². The SMILES string of the molecule is CC(C)(C)[C@H](NC(=O)[C@H](Cc1ccc(O)cc1)NC(=O)[C@@H]1CCCN1C(=O)[C@H](CCCNC(=N)N)NC(=O)[C@@H](NC(=O)[C@@H]1CCCN1C(=O)[C@H](CCCCN)NC(=O)[C@H](CC(N)=O)NC(=O)[C@H](CCC(=O)O)NC(=O)[C@@H](Cc1ccc(O)cc1)NC(=O)N(CCN(CCN(CC(=O)O)CC(=O)O)CC(=O)O)C(=O)O)C1CCN(C(=N)N)CC1)C(=O)N[C@@H](CC1CCCCC1)C(=O)O. The number of rotatable bonds is 52. The summed E-state index contributed by atoms with van der Waals surface area (Å²) in [7, 11) is 0. The number of aliphatic carboxylic acids is 5. The number of carbonyl (C=O) groups excluding carboxylic acids is 12. The first kappa shape index (κ1) is 107. The van der Waals surface area contributed by atoms with Gasteiger partial charge in [0.05, 0.1) is 26.1 Å². The van der Waals surface area contributed by atoms with Crippen molar-refractivity contribution >= 4 is 119 Å². The zero-order valence-electron chi connectivity index (χ0n) is 74.3. The Kier molecular flexibility index (Phi) is 42.8. The number of imide groups is 1. The van der Waals surface area contributed by atoms with E-state index in [2.05, 4.69) is 53.2 Å². The molecule has 48 nitrogen and oxygen atoms in total. The summed E-state index contributed by atoms with van der Waals surface area (Å²) < 4.78 is 0. The van der Waals surface area contributed by atoms with Crippen LogP contribution >= 0.6 is 0 Å². The molecule has 4 fully saturated rings. The van der Waals surface area contributed by atoms with Crippen molar-refractivity contribution in [2.24, 2.45) is 40.2 Å². The van der Waals surface area contributed by atoms with Gasteiger partial charge in [-0.3, -0.25) is 92.5 Å². The first-order valence-electron chi connectivity index (χ1n) is 43.9. The van der Waals surface area contributed by atoms with Gasteiger partial charge in [0.2, 0.25) is 65.0 Å². The minimum atomic E-state index is -2.04. The molecule has 0 bridgehead atoms. The van der Waals surface area contributed by atoms with Gasteiger partial charge in [0, 0.05) is 78.2 Å². The smallest absolute Gasteiger partial charge is 0.415 e. The molecular weight excluding hydrogens is 1730 g/mol. The molecule has 14 amide bonds. The third-order valence-corrected chi connectivity index (χ3v) is 23.3. The number of likely N-dealkylation sites (tertiary alicyclic amines) is 3. The number of carboxylic acids is 5. The lowest BCUT2D eigenvalue weighted by atomic mass is 9.83. The van der Waals surface area contributed by atoms with Crippen LogP contribution in [0.3, 0.4) is 0 Å². The Hall–Kier alpha value is -13.3. The van der Waals surface area contributed by atoms with Crippen molar-refractivity contribution in [1.82, 2.24) is 82.6 Å². The number of hydrogen-bond donors (Lipinski definition) is 24. The fourth-order valence-electron chi connectivity index (χ4n) is 16.4. The van der Waals surface area contributed by atoms with Crippen LogP contribution < -0.4 is 76.1 Å². The number of nitrogens with two attached hydrogens (primary N) is 4. The zero-order chi connectivity index (χ0) is 97.8. The molecule has 0 aromatic heterocycles. The molecule has 11 atom stereocenters. The fourth-order valence-corrected chi connectivity index (χ4v) is 16.4. The Morgan fingerprint density at radius 2 is 0.932 bits per heavy atom. The van der Waals surface area contributed by atoms with E-state index < -0.39 is 249 Å². The highest BCUT2D eigenvalue weighted by molar-refractivity contribution is 6.01. The fraction of sp³-hybridized carbons (Fsp3) is 0.619. The lowest BCUT2D eigenvalue weighted by molar-refractivity contribution is -0.144. The molecule has 730 valence electrons. The number of nitrogens with one attached hydrogen (secondary N) is 12. The van der Waals surface area contributed by atoms with E-state index in [0.717, 1.165) is 46.8 Å². The van der Waals surface area contributed by atoms with Gasteiger partial charge in [-0.1, -0.05) is 77.1 Å². The first-order chi connectivity index (χ1) is 62.3. The monoisotopic (exact) mass is 1860 g/mol. The number of nitrogens with zero attached hydrogens (tertiary/aromatic N) is 6. The summed E-state index contributed by atoms with van der Waals surface area (Å²) in [5.74, 6) is -20.0. The molecule has 2 aromatic carbocycles. The number of carboxylic acid groups (broad SMARTS) is 6. The Bertz CT molecular complexity index is 4380. The van der Waals surface area contributed by atoms with Crippen LogP contribution in [0.4, 0.5) is 9.59 Å². The molecule has 2 aromatic rings. The van der Waals surface area contributed by atoms with E-state index in [1.165, 1.54) is 58.3 Å². The topological polar surface area (TPSA) is 761 Å². The van der Waals surface area contributed by atoms with Gasteiger partial charge in [0.1, 0.15) is 78.0 Å². The largest absolute Gasteiger partial charge is 0.508 e. The molecule has 6 rings (SSSR count). The van der Waals surface area contributed by atoms with E-state index in [1.807, 2.05) is 0 Å². The highest BCUT2D eigenvalue weighted by Crippen LogP contribution is 2.30. The van der Waals surface area contributed by atoms with Crippen molar-refractivity contribution in [2.45, 2.75) is 228 Å². The maximum absolute atomic E-state index is 15.4. The van der Waals surface area contributed by atoms with E-state index in [4.69, 9.17) is 33.8 Å². The van der Waals surface area contributed by atoms with Crippen molar-refractivity contribution < 1.29 is 127 Å². The summed E-state index contributed by atoms with van der Waals surface area (Å²) in [6.45, 7) is 0.580. The minimum Gasteiger partial charge on any atom is -0.508 e. The van der Waals surface area contributed by atoms with Gasteiger partial charge in [-0.25, -0.2) is 19.3 Å². The number of unbranched alkanes of at least 4 members (excludes halogenated alkanes) is 1. The molecule has 0 radical (unpaired) electrons. The molecule has 3 heterocycles. The summed E-state index contributed by atoms with van der Waals surface area (Å²) in [6, 6.07) is -8.22. The average molecular weight is 1860 g/mol. The van der Waals surface area contributed by atoms with E-state index in [0.29, 0.717) is 5.56 Å². The van der Waals surface area contributed by atoms with Gasteiger partial charge in [-0.05, 0) is 143 Å². The Labute approximate surface area is 761 Å². The molecule has 1 saturated carbocycles. The standard InChI is InChI=1S/C84H128N22O26/c1-84(2,3)68(76(125)97-59(79(128)129)42-47-12-5-4-6-13-47)100-72(121)56(40-48-18-22-51(107)23-19-48)96-73(122)60-16-10-32-104(60)78(127)55(15-9-31-91-80(87)88)94-75(124)67(50-28-34-103(35-29-50)81(89)90)99-74(123)61-17-11-33-105(61)77(126)54(14-7-8-30-85)93-71(120)58(43-62(86)109)95-69(118)53(26-27-63(110)111)92-70(119)57(41-49-20-24-52(108)25-21-49)98-82(130)106(83(131)132)39-38-101(44-64(112)113)36-37-102(45-65(114)115)46-66(116)117/h18-25,47,50,53-61,67-68,107-108H,4-17,26-46,85H2,1-3H3,(H2,86,109)(H3,89,90)(H,92,119)(H,93,120)(H,94,124)(H,95,118)(H,96,122)(H,97,125)(H,98,130)(H,99,123)(H,100,121)(H,110,111)(H,112,113)(H,114,115)(H,116,117)(H,128,129)(H,131,132)(H4,87,88,91)/t53-,54-,55-,56-,57+,58-,59-,60-,61-,67-,68+/m0/s1. The first-order valence-corrected chi connectivity index (χ1v) is 43.9. The van der Waals surface area contributed by atoms with E-state index in [1.54, 1.807) is 20.8 Å². The van der Waals surface area contributed by atoms with Crippen LogP contribution in [0.5, 0.6) is 11.5 Å². The molecule has 1 aliphatic carbocycles. The summed E-state index contributed by atoms with van der Waals surface area (Å²) in [6.07, 6.45) is -0.127. The Morgan fingerprint density at radius 3 is 1.42 bits per heavy atom. The minimum absolute atomic E-state index is 0.00143. The van der Waals surface area contributed by atoms with Crippen molar-refractivity contribution in [3.63, 3.8) is 0 Å². The van der Waals surface area contributed by atoms with Crippen molar-refractivity contribution in [1.29, 1.82) is 10.8 Å². The highest BCUT2D eigenvalue weighted by Gasteiger charge is 2.46. The van der Waals surface area contributed by atoms with Crippen molar-refractivity contribution in [2.75, 3.05) is 85.1 Å². The van der Waals surface area contributed by atoms with Crippen LogP contribution in [0.25, 0.3) is 0 Å². The number of piperidine rings is 1. The Morgan fingerprint density at radius 1 is 0.470 bits per heavy atom. The van der Waals surface area contributed by atoms with Crippen LogP contribution in [0.1, 0.15) is 160 Å². The van der Waals surface area contributed by atoms with Crippen LogP contribution in [0, 0.1) is 28.1 Å². The summed E-state index contributed by atoms with van der Waals surface area (Å²) in [5.41, 5.74) is 22.7. The van der Waals surface area contributed by atoms with E-state index >= 15 is 19.2 Å². The van der Waals surface area contributed by atoms with Crippen LogP contribution in [0.15, 0.2) is 48.5 Å². The summed E-state index contributed by atoms with van der Waals surface area (Å²) >= 11 is 0. The maximum Gasteiger partial charge on any atom is 0.415 e. The quantitative estimate of drug-likeness (QED) is 0.0174. The van der Waals surface area contributed by atoms with Crippen LogP contribution in [-0.4, -0.2) is 341 Å². The van der Waals surface area contributed by atoms with Crippen LogP contribution in [-0.2, 0) is 89.6 Å². The molecule has 0 spiro atoms. The average Bonchev–Trinajstić information content (AvgIpc) is 1.64. The molecule has 3 aliphatic heterocycles. The summed E-state index contributed by atoms with van der Waals surface area (Å²) in [4.78, 5) is 254. The van der Waals surface area contributed by atoms with Gasteiger partial charge in [0.15, 0.2) is 11.9 Å². The number of phenols is 2. The molecule has 0 unspecified atom stereocenters. The second-order valence-electron chi connectivity index (χ2n) is 34.5. The number of phenolic OH excluding ortho intramolecular Hbond substituents is 2. The molecule has 48 heteroatoms. The second-order valence-corrected chi connectivity index (χ2v) is 34.5. The lowest BCUT2D eigenvalue weighted by Crippen LogP contribution is -2.62. The van der Waals surface area contributed by atoms with Gasteiger partial charge >= 0.3 is 42.0 Å². The summed E-state index contributed by atoms with van der Waals surface area (Å²) in [5, 5.41) is 121. The molecular formula is C84H128N22O26. The van der Waals surface area contributed by atoms with Crippen molar-refractivity contribution in [3.8, 4) is 11.5 Å². The molecule has 3 saturated heterocycles. The van der Waals surface area contributed by atoms with Gasteiger partial charge < -0.3 is 132 Å². The number of urea groups is 1. The predicted molar refractivity (Wildman–Crippen MR) is 469 cm³/mol. The van der Waals surface area contributed by atoms with Gasteiger partial charge in [-0.2, -0.15) is 0 Å². The molecule has 4 aliphatic rings. The normalized spacial score (nSPS) is 17.3. The molecule has 132 heavy (non-hydrogen) atoms. The number of benzene rings is 2. The van der Waals surface area contributed by atoms with Crippen molar-refractivity contribution in [3.05, 3.63) is 59.7 Å². The predicted octanol–water partition coefficient (Wildman–Crippen LogP) is -3.50. The number of carbonyl (C=O) groups is 18. The molecule has 28 N–H and O–H groups in total. The zero-order valence-corrected chi connectivity index (χ0v) is 74.3. The Balaban J connectivity index is 1.25. The third kappa shape index (κ3) is 35.5. The van der Waals surface area contributed by atoms with Gasteiger partial charge in [0.25, 0.3) is 0 Å². The third-order valence-electron chi connectivity index (χ3n) is 23.3. The second kappa shape index (κ2) is 52.5. The maximum atomic E-state index is 15.4. The van der Waals surface area contributed by atoms with E-state index in [9.17, 15) is 108 Å². The van der Waals surface area contributed by atoms with Crippen LogP contribution in [0.2, 0.25) is 0 Å². The highest BCUT2D eigenvalue weighted by atomic mass is 16.4. The number of hydrogen-bond acceptors (Lipinski definition) is 25. The lowest BCUT2D eigenvalue weighted by Gasteiger charge is -2.37.